The average Bonchev–Trinajstić information content (AvgIpc) is 2.78. The van der Waals surface area contributed by atoms with E-state index in [-0.39, 0.29) is 64.4 Å². The third kappa shape index (κ3) is 9.39. The summed E-state index contributed by atoms with van der Waals surface area (Å²) >= 11 is 0. The summed E-state index contributed by atoms with van der Waals surface area (Å²) < 4.78 is 5.90. The van der Waals surface area contributed by atoms with E-state index in [1.165, 1.54) is 6.08 Å². The van der Waals surface area contributed by atoms with E-state index in [0.717, 1.165) is 33.7 Å². The second-order valence-electron chi connectivity index (χ2n) is 8.89. The number of nitrogens with zero attached hydrogens (tertiary/aromatic N) is 1. The van der Waals surface area contributed by atoms with Gasteiger partial charge in [0.25, 0.3) is 0 Å². The van der Waals surface area contributed by atoms with Gasteiger partial charge in [0, 0.05) is 71.7 Å². The van der Waals surface area contributed by atoms with Crippen LogP contribution in [0.1, 0.15) is 46.1 Å². The van der Waals surface area contributed by atoms with E-state index in [4.69, 9.17) is 4.74 Å². The zero-order chi connectivity index (χ0) is 23.8. The Hall–Kier alpha value is -1.65. The van der Waals surface area contributed by atoms with Crippen molar-refractivity contribution < 1.29 is 67.5 Å². The van der Waals surface area contributed by atoms with Crippen LogP contribution in [0, 0.1) is 30.0 Å². The molecule has 1 aliphatic rings. The molecule has 4 nitrogen and oxygen atoms in total. The molecule has 0 saturated carbocycles. The maximum Gasteiger partial charge on any atom is 0.159 e. The molecule has 1 aliphatic heterocycles. The number of benzene rings is 2. The van der Waals surface area contributed by atoms with Gasteiger partial charge < -0.3 is 14.8 Å². The summed E-state index contributed by atoms with van der Waals surface area (Å²) in [6.07, 6.45) is 4.15. The van der Waals surface area contributed by atoms with Crippen LogP contribution in [-0.2, 0) is 64.2 Å². The van der Waals surface area contributed by atoms with Crippen molar-refractivity contribution in [1.29, 1.82) is 0 Å². The van der Waals surface area contributed by atoms with Crippen LogP contribution in [0.5, 0.6) is 5.75 Å². The number of carbonyl (C=O) groups excluding carboxylic acids is 1. The maximum absolute atomic E-state index is 11.2. The normalized spacial score (nSPS) is 11.7. The van der Waals surface area contributed by atoms with Crippen molar-refractivity contribution in [2.24, 2.45) is 11.8 Å². The Morgan fingerprint density at radius 2 is 1.74 bits per heavy atom. The monoisotopic (exact) mass is 722 g/mol. The number of hydrogen-bond acceptors (Lipinski definition) is 4. The number of ether oxygens (including phenoxy) is 1. The van der Waals surface area contributed by atoms with E-state index < -0.39 is 0 Å². The summed E-state index contributed by atoms with van der Waals surface area (Å²) in [5.74, 6) is 1.75. The molecule has 2 heterocycles. The van der Waals surface area contributed by atoms with E-state index in [9.17, 15) is 9.90 Å². The number of aliphatic hydroxyl groups excluding tert-OH is 1. The summed E-state index contributed by atoms with van der Waals surface area (Å²) in [7, 11) is 0. The number of aromatic nitrogens is 1. The van der Waals surface area contributed by atoms with Crippen LogP contribution in [0.3, 0.4) is 0 Å². The first-order chi connectivity index (χ1) is 15.8. The molecule has 0 bridgehead atoms. The van der Waals surface area contributed by atoms with E-state index >= 15 is 0 Å². The maximum atomic E-state index is 11.2. The van der Waals surface area contributed by atoms with Gasteiger partial charge in [-0.05, 0) is 23.3 Å². The Balaban J connectivity index is 0.000000364. The van der Waals surface area contributed by atoms with Gasteiger partial charge in [0.2, 0.25) is 0 Å². The molecule has 3 aromatic rings. The minimum atomic E-state index is 0. The second-order valence-corrected chi connectivity index (χ2v) is 8.89. The van der Waals surface area contributed by atoms with Gasteiger partial charge in [0.15, 0.2) is 5.78 Å². The Kier molecular flexibility index (Phi) is 13.9. The van der Waals surface area contributed by atoms with Gasteiger partial charge in [-0.3, -0.25) is 10.4 Å². The van der Waals surface area contributed by atoms with Crippen LogP contribution in [0.2, 0.25) is 0 Å². The van der Waals surface area contributed by atoms with Crippen molar-refractivity contribution in [1.82, 2.24) is 4.98 Å². The van der Waals surface area contributed by atoms with Crippen LogP contribution < -0.4 is 4.74 Å². The van der Waals surface area contributed by atoms with Crippen molar-refractivity contribution in [3.05, 3.63) is 84.3 Å². The first-order valence-corrected chi connectivity index (χ1v) is 11.3. The number of ketones is 1. The van der Waals surface area contributed by atoms with E-state index in [0.29, 0.717) is 31.3 Å². The molecule has 0 spiro atoms. The predicted octanol–water partition coefficient (Wildman–Crippen LogP) is 6.79. The van der Waals surface area contributed by atoms with Gasteiger partial charge in [-0.2, -0.15) is 12.1 Å². The minimum absolute atomic E-state index is 0. The number of aliphatic hydroxyl groups is 1. The number of pyridine rings is 1. The first-order valence-electron chi connectivity index (χ1n) is 11.3. The minimum Gasteiger partial charge on any atom is -0.572 e. The Morgan fingerprint density at radius 3 is 2.40 bits per heavy atom. The molecule has 1 N–H and O–H groups in total. The zero-order valence-electron chi connectivity index (χ0n) is 20.6. The quantitative estimate of drug-likeness (QED) is 0.173. The van der Waals surface area contributed by atoms with Crippen LogP contribution in [-0.4, -0.2) is 15.9 Å². The molecule has 1 aromatic heterocycles. The fourth-order valence-electron chi connectivity index (χ4n) is 3.56. The molecule has 0 unspecified atom stereocenters. The number of fused-ring (bicyclic) bond motifs is 3. The number of hydrogen-bond donors (Lipinski definition) is 1. The van der Waals surface area contributed by atoms with Gasteiger partial charge in [-0.1, -0.05) is 39.5 Å². The van der Waals surface area contributed by atoms with Gasteiger partial charge in [0.1, 0.15) is 0 Å². The van der Waals surface area contributed by atoms with E-state index in [2.05, 4.69) is 23.2 Å². The summed E-state index contributed by atoms with van der Waals surface area (Å²) in [5, 5.41) is 9.34. The standard InChI is InChI=1S/C18H10NO.C11H20O2.Ir.Y/c1-2-6-13(7-3-1)16-10-11-19-17-15-9-5-4-8-14(15)12-20-18(16)17;1-8(2)5-10(12)7-11(13)6-9(3)4;;/h1-6,8,11H,12H2;7-9,12H,5-6H2,1-4H3;;/q-3;;;/b;10-7-;;. The SMILES string of the molecule is CC(C)CC(=O)/C=C(\O)CC(C)C.[Ir].[Y].[c-]1ccccc1-c1[c-]cnc2c1OCc1ccc[c-]c1-2. The molecular weight excluding hydrogens is 691 g/mol. The predicted molar refractivity (Wildman–Crippen MR) is 131 cm³/mol. The van der Waals surface area contributed by atoms with Crippen molar-refractivity contribution in [3.8, 4) is 28.1 Å². The number of rotatable bonds is 6. The molecule has 2 radical (unpaired) electrons. The Labute approximate surface area is 247 Å². The molecule has 184 valence electrons. The van der Waals surface area contributed by atoms with Crippen LogP contribution in [0.15, 0.2) is 60.5 Å². The number of allylic oxidation sites excluding steroid dienone is 2. The van der Waals surface area contributed by atoms with Crippen molar-refractivity contribution >= 4 is 5.78 Å². The summed E-state index contributed by atoms with van der Waals surface area (Å²) in [6, 6.07) is 23.4. The van der Waals surface area contributed by atoms with E-state index in [1.54, 1.807) is 6.20 Å². The third-order valence-electron chi connectivity index (χ3n) is 4.93. The molecule has 2 aromatic carbocycles. The van der Waals surface area contributed by atoms with Crippen LogP contribution >= 0.6 is 0 Å². The molecule has 0 fully saturated rings. The fraction of sp³-hybridized carbons (Fsp3) is 0.310. The molecule has 4 rings (SSSR count). The molecule has 0 aliphatic carbocycles. The van der Waals surface area contributed by atoms with Crippen LogP contribution in [0.4, 0.5) is 0 Å². The van der Waals surface area contributed by atoms with Gasteiger partial charge >= 0.3 is 0 Å². The van der Waals surface area contributed by atoms with Crippen molar-refractivity contribution in [3.63, 3.8) is 0 Å². The third-order valence-corrected chi connectivity index (χ3v) is 4.93. The summed E-state index contributed by atoms with van der Waals surface area (Å²) in [4.78, 5) is 15.6. The topological polar surface area (TPSA) is 59.4 Å². The fourth-order valence-corrected chi connectivity index (χ4v) is 3.56. The molecule has 0 atom stereocenters. The number of carbonyl (C=O) groups is 1. The Bertz CT molecular complexity index is 1100. The van der Waals surface area contributed by atoms with Gasteiger partial charge in [0.05, 0.1) is 12.4 Å². The summed E-state index contributed by atoms with van der Waals surface area (Å²) in [5.41, 5.74) is 4.82. The Morgan fingerprint density at radius 1 is 1.03 bits per heavy atom. The van der Waals surface area contributed by atoms with Crippen LogP contribution in [0.25, 0.3) is 22.4 Å². The molecular formula is C29H30IrNO3Y-3. The molecule has 0 saturated heterocycles. The summed E-state index contributed by atoms with van der Waals surface area (Å²) in [6.45, 7) is 8.55. The van der Waals surface area contributed by atoms with Gasteiger partial charge in [-0.15, -0.1) is 35.9 Å². The molecule has 0 amide bonds. The van der Waals surface area contributed by atoms with Gasteiger partial charge in [-0.25, -0.2) is 23.8 Å². The van der Waals surface area contributed by atoms with E-state index in [1.807, 2.05) is 70.2 Å². The van der Waals surface area contributed by atoms with Crippen molar-refractivity contribution in [2.75, 3.05) is 0 Å². The first kappa shape index (κ1) is 31.4. The largest absolute Gasteiger partial charge is 0.572 e. The van der Waals surface area contributed by atoms with Crippen molar-refractivity contribution in [2.45, 2.75) is 47.1 Å². The zero-order valence-corrected chi connectivity index (χ0v) is 25.8. The molecule has 6 heteroatoms. The average molecular weight is 722 g/mol. The second kappa shape index (κ2) is 15.5. The molecule has 35 heavy (non-hydrogen) atoms. The smallest absolute Gasteiger partial charge is 0.159 e.